The molecule has 6 N–H and O–H groups in total. The maximum absolute atomic E-state index is 12.8. The van der Waals surface area contributed by atoms with Gasteiger partial charge in [-0.3, -0.25) is 13.8 Å². The van der Waals surface area contributed by atoms with Gasteiger partial charge in [-0.2, -0.15) is 0 Å². The molecule has 0 saturated heterocycles. The summed E-state index contributed by atoms with van der Waals surface area (Å²) in [6, 6.07) is 0. The van der Waals surface area contributed by atoms with E-state index in [9.17, 15) is 39.8 Å². The average Bonchev–Trinajstić information content (AvgIpc) is 3.26. The second kappa shape index (κ2) is 39.3. The molecular formula is C49H87O12P. The van der Waals surface area contributed by atoms with Crippen molar-refractivity contribution in [2.24, 2.45) is 0 Å². The number of phosphoric ester groups is 1. The molecule has 0 amide bonds. The summed E-state index contributed by atoms with van der Waals surface area (Å²) >= 11 is 0. The van der Waals surface area contributed by atoms with E-state index in [-0.39, 0.29) is 13.0 Å². The quantitative estimate of drug-likeness (QED) is 0.0112. The first-order valence-electron chi connectivity index (χ1n) is 24.2. The van der Waals surface area contributed by atoms with Crippen molar-refractivity contribution in [2.45, 2.75) is 230 Å². The van der Waals surface area contributed by atoms with E-state index >= 15 is 0 Å². The van der Waals surface area contributed by atoms with Crippen LogP contribution in [0.3, 0.4) is 0 Å². The van der Waals surface area contributed by atoms with Crippen LogP contribution in [-0.4, -0.2) is 92.3 Å². The van der Waals surface area contributed by atoms with Crippen molar-refractivity contribution in [3.05, 3.63) is 60.9 Å². The van der Waals surface area contributed by atoms with Crippen LogP contribution < -0.4 is 0 Å². The van der Waals surface area contributed by atoms with Gasteiger partial charge in [0.05, 0.1) is 12.9 Å². The van der Waals surface area contributed by atoms with Crippen molar-refractivity contribution in [2.75, 3.05) is 13.2 Å². The molecule has 0 aromatic carbocycles. The predicted octanol–water partition coefficient (Wildman–Crippen LogP) is 10.5. The smallest absolute Gasteiger partial charge is 0.472 e. The molecule has 1 aliphatic carbocycles. The SMILES string of the molecule is CCCCC/C=C\C/C=C\C/C=C\C/C=C\CCCC(=O)O[C@H](CO/C=C\CCCCCCCCCCCCCCCCCC)COP(=O)(O)OC1C(O)C(O)C(O)[C@@H](O)C1O. The van der Waals surface area contributed by atoms with Gasteiger partial charge >= 0.3 is 13.8 Å². The monoisotopic (exact) mass is 899 g/mol. The van der Waals surface area contributed by atoms with E-state index in [4.69, 9.17) is 18.5 Å². The van der Waals surface area contributed by atoms with Gasteiger partial charge < -0.3 is 39.9 Å². The number of hydrogen-bond acceptors (Lipinski definition) is 11. The van der Waals surface area contributed by atoms with Crippen LogP contribution in [0.25, 0.3) is 0 Å². The number of ether oxygens (including phenoxy) is 2. The van der Waals surface area contributed by atoms with Crippen LogP contribution in [-0.2, 0) is 27.9 Å². The third kappa shape index (κ3) is 30.9. The predicted molar refractivity (Wildman–Crippen MR) is 248 cm³/mol. The minimum absolute atomic E-state index is 0.0927. The maximum atomic E-state index is 12.8. The van der Waals surface area contributed by atoms with Crippen molar-refractivity contribution in [3.8, 4) is 0 Å². The van der Waals surface area contributed by atoms with E-state index in [1.807, 2.05) is 18.2 Å². The number of unbranched alkanes of at least 4 members (excludes halogenated alkanes) is 20. The molecule has 6 unspecified atom stereocenters. The highest BCUT2D eigenvalue weighted by atomic mass is 31.2. The molecule has 0 aromatic heterocycles. The van der Waals surface area contributed by atoms with E-state index in [0.717, 1.165) is 44.9 Å². The zero-order valence-corrected chi connectivity index (χ0v) is 39.3. The molecule has 13 heteroatoms. The normalized spacial score (nSPS) is 22.5. The summed E-state index contributed by atoms with van der Waals surface area (Å²) in [5, 5.41) is 50.2. The van der Waals surface area contributed by atoms with Crippen LogP contribution in [0.1, 0.15) is 187 Å². The highest BCUT2D eigenvalue weighted by molar-refractivity contribution is 7.47. The topological polar surface area (TPSA) is 192 Å². The molecule has 0 radical (unpaired) electrons. The second-order valence-corrected chi connectivity index (χ2v) is 18.1. The molecule has 0 aromatic rings. The summed E-state index contributed by atoms with van der Waals surface area (Å²) in [5.74, 6) is -0.553. The van der Waals surface area contributed by atoms with Crippen LogP contribution in [0.15, 0.2) is 60.9 Å². The number of aliphatic hydroxyl groups is 5. The largest absolute Gasteiger partial charge is 0.498 e. The van der Waals surface area contributed by atoms with E-state index in [0.29, 0.717) is 12.8 Å². The molecule has 62 heavy (non-hydrogen) atoms. The summed E-state index contributed by atoms with van der Waals surface area (Å²) in [7, 11) is -5.05. The molecule has 0 aliphatic heterocycles. The fourth-order valence-electron chi connectivity index (χ4n) is 7.08. The Balaban J connectivity index is 2.45. The number of rotatable bonds is 40. The fraction of sp³-hybridized carbons (Fsp3) is 0.776. The Labute approximate surface area is 375 Å². The van der Waals surface area contributed by atoms with Gasteiger partial charge in [0, 0.05) is 6.42 Å². The summed E-state index contributed by atoms with van der Waals surface area (Å²) < 4.78 is 33.9. The standard InChI is InChI=1S/C49H87O12P/c1-3-5-7-9-11-13-15-17-19-21-23-25-27-29-31-33-35-37-39-58-40-42(41-59-62(56,57)61-49-47(54)45(52)44(51)46(53)48(49)55)60-43(50)38-36-34-32-30-28-26-24-22-20-18-16-14-12-10-8-6-4-2/h12,14,18,20,24,26,30,32,37,39,42,44-49,51-55H,3-11,13,15-17,19,21-23,25,27-29,31,33-36,38,40-41H2,1-2H3,(H,56,57)/b14-12-,20-18-,26-24-,32-30-,39-37-/t42-,44?,45-,46?,47?,48?,49?/m1/s1. The Morgan fingerprint density at radius 1 is 0.516 bits per heavy atom. The number of allylic oxidation sites excluding steroid dienone is 9. The molecule has 360 valence electrons. The number of esters is 1. The van der Waals surface area contributed by atoms with Gasteiger partial charge in [-0.1, -0.05) is 172 Å². The van der Waals surface area contributed by atoms with Gasteiger partial charge in [0.1, 0.15) is 43.2 Å². The molecule has 12 nitrogen and oxygen atoms in total. The van der Waals surface area contributed by atoms with Gasteiger partial charge in [0.25, 0.3) is 0 Å². The van der Waals surface area contributed by atoms with E-state index in [1.54, 1.807) is 0 Å². The first-order valence-corrected chi connectivity index (χ1v) is 25.7. The van der Waals surface area contributed by atoms with Crippen LogP contribution in [0.4, 0.5) is 0 Å². The zero-order valence-electron chi connectivity index (χ0n) is 38.4. The number of carbonyl (C=O) groups is 1. The number of hydrogen-bond donors (Lipinski definition) is 6. The Morgan fingerprint density at radius 3 is 1.40 bits per heavy atom. The number of phosphoric acid groups is 1. The maximum Gasteiger partial charge on any atom is 0.472 e. The molecule has 1 saturated carbocycles. The summed E-state index contributed by atoms with van der Waals surface area (Å²) in [6.45, 7) is 3.66. The molecular weight excluding hydrogens is 812 g/mol. The van der Waals surface area contributed by atoms with Crippen LogP contribution in [0.5, 0.6) is 0 Å². The third-order valence-corrected chi connectivity index (χ3v) is 11.9. The highest BCUT2D eigenvalue weighted by Crippen LogP contribution is 2.47. The number of carbonyl (C=O) groups excluding carboxylic acids is 1. The Bertz CT molecular complexity index is 1250. The van der Waals surface area contributed by atoms with Crippen molar-refractivity contribution in [1.29, 1.82) is 0 Å². The van der Waals surface area contributed by atoms with Crippen molar-refractivity contribution in [3.63, 3.8) is 0 Å². The Hall–Kier alpha value is -2.12. The lowest BCUT2D eigenvalue weighted by molar-refractivity contribution is -0.220. The first kappa shape index (κ1) is 57.9. The highest BCUT2D eigenvalue weighted by Gasteiger charge is 2.51. The van der Waals surface area contributed by atoms with Gasteiger partial charge in [0.2, 0.25) is 0 Å². The summed E-state index contributed by atoms with van der Waals surface area (Å²) in [4.78, 5) is 23.1. The zero-order chi connectivity index (χ0) is 45.5. The lowest BCUT2D eigenvalue weighted by Gasteiger charge is -2.41. The van der Waals surface area contributed by atoms with Gasteiger partial charge in [-0.25, -0.2) is 4.57 Å². The van der Waals surface area contributed by atoms with Gasteiger partial charge in [-0.15, -0.1) is 0 Å². The first-order chi connectivity index (χ1) is 30.0. The van der Waals surface area contributed by atoms with Gasteiger partial charge in [-0.05, 0) is 63.9 Å². The van der Waals surface area contributed by atoms with Crippen molar-refractivity contribution >= 4 is 13.8 Å². The minimum Gasteiger partial charge on any atom is -0.498 e. The lowest BCUT2D eigenvalue weighted by atomic mass is 9.85. The van der Waals surface area contributed by atoms with E-state index in [1.165, 1.54) is 115 Å². The summed E-state index contributed by atoms with van der Waals surface area (Å²) in [5.41, 5.74) is 0. The van der Waals surface area contributed by atoms with Crippen LogP contribution in [0, 0.1) is 0 Å². The summed E-state index contributed by atoms with van der Waals surface area (Å²) in [6.07, 6.45) is 38.0. The lowest BCUT2D eigenvalue weighted by Crippen LogP contribution is -2.64. The molecule has 8 atom stereocenters. The minimum atomic E-state index is -5.05. The van der Waals surface area contributed by atoms with Crippen LogP contribution >= 0.6 is 7.82 Å². The fourth-order valence-corrected chi connectivity index (χ4v) is 8.05. The Kier molecular flexibility index (Phi) is 36.7. The number of aliphatic hydroxyl groups excluding tert-OH is 5. The molecule has 0 bridgehead atoms. The Morgan fingerprint density at radius 2 is 0.903 bits per heavy atom. The molecule has 0 heterocycles. The van der Waals surface area contributed by atoms with Crippen molar-refractivity contribution < 1.29 is 58.3 Å². The molecule has 1 fully saturated rings. The van der Waals surface area contributed by atoms with Crippen LogP contribution in [0.2, 0.25) is 0 Å². The van der Waals surface area contributed by atoms with E-state index in [2.05, 4.69) is 50.3 Å². The van der Waals surface area contributed by atoms with Gasteiger partial charge in [0.15, 0.2) is 6.10 Å². The molecule has 0 spiro atoms. The molecule has 1 aliphatic rings. The van der Waals surface area contributed by atoms with Crippen molar-refractivity contribution in [1.82, 2.24) is 0 Å². The van der Waals surface area contributed by atoms with E-state index < -0.39 is 63.1 Å². The molecule has 1 rings (SSSR count). The second-order valence-electron chi connectivity index (χ2n) is 16.7. The third-order valence-electron chi connectivity index (χ3n) is 11.0. The average molecular weight is 899 g/mol.